The molecule has 3 nitrogen and oxygen atoms in total. The fourth-order valence-electron chi connectivity index (χ4n) is 2.52. The first-order valence-corrected chi connectivity index (χ1v) is 7.47. The third kappa shape index (κ3) is 3.16. The van der Waals surface area contributed by atoms with Gasteiger partial charge in [0.15, 0.2) is 0 Å². The number of pyridine rings is 1. The first kappa shape index (κ1) is 16.1. The highest BCUT2D eigenvalue weighted by atomic mass is 19.1. The number of aryl methyl sites for hydroxylation is 1. The van der Waals surface area contributed by atoms with E-state index in [1.165, 1.54) is 6.07 Å². The second-order valence-electron chi connectivity index (χ2n) is 5.61. The average Bonchev–Trinajstić information content (AvgIpc) is 2.47. The Kier molecular flexibility index (Phi) is 4.91. The molecule has 2 rings (SSSR count). The van der Waals surface area contributed by atoms with Crippen LogP contribution in [0.5, 0.6) is 0 Å². The molecule has 22 heavy (non-hydrogen) atoms. The standard InChI is InChI=1S/C18H20FNO2/c1-4-7-16-14(18(21)22)10-13(17(20-16)11(2)3)12-8-5-6-9-15(12)19/h5-6,8-11H,4,7H2,1-3H3,(H,21,22). The molecule has 1 N–H and O–H groups in total. The van der Waals surface area contributed by atoms with Gasteiger partial charge in [-0.3, -0.25) is 4.98 Å². The molecule has 0 saturated carbocycles. The molecule has 0 bridgehead atoms. The second kappa shape index (κ2) is 6.69. The van der Waals surface area contributed by atoms with Crippen LogP contribution in [0.15, 0.2) is 30.3 Å². The van der Waals surface area contributed by atoms with E-state index >= 15 is 0 Å². The van der Waals surface area contributed by atoms with Gasteiger partial charge >= 0.3 is 5.97 Å². The summed E-state index contributed by atoms with van der Waals surface area (Å²) >= 11 is 0. The minimum absolute atomic E-state index is 0.0769. The summed E-state index contributed by atoms with van der Waals surface area (Å²) in [7, 11) is 0. The summed E-state index contributed by atoms with van der Waals surface area (Å²) < 4.78 is 14.1. The number of halogens is 1. The first-order chi connectivity index (χ1) is 10.5. The topological polar surface area (TPSA) is 50.2 Å². The van der Waals surface area contributed by atoms with Gasteiger partial charge in [0.1, 0.15) is 5.82 Å². The number of hydrogen-bond donors (Lipinski definition) is 1. The van der Waals surface area contributed by atoms with Crippen LogP contribution < -0.4 is 0 Å². The van der Waals surface area contributed by atoms with E-state index in [9.17, 15) is 14.3 Å². The van der Waals surface area contributed by atoms with Gasteiger partial charge in [0, 0.05) is 11.1 Å². The van der Waals surface area contributed by atoms with E-state index < -0.39 is 5.97 Å². The van der Waals surface area contributed by atoms with Gasteiger partial charge in [0.2, 0.25) is 0 Å². The van der Waals surface area contributed by atoms with Gasteiger partial charge in [-0.2, -0.15) is 0 Å². The van der Waals surface area contributed by atoms with Crippen molar-refractivity contribution in [1.82, 2.24) is 4.98 Å². The molecule has 116 valence electrons. The van der Waals surface area contributed by atoms with E-state index in [0.29, 0.717) is 23.2 Å². The molecule has 0 atom stereocenters. The number of benzene rings is 1. The molecular weight excluding hydrogens is 281 g/mol. The quantitative estimate of drug-likeness (QED) is 0.873. The molecule has 4 heteroatoms. The highest BCUT2D eigenvalue weighted by Gasteiger charge is 2.20. The van der Waals surface area contributed by atoms with Crippen LogP contribution in [-0.2, 0) is 6.42 Å². The lowest BCUT2D eigenvalue weighted by Gasteiger charge is -2.16. The fraction of sp³-hybridized carbons (Fsp3) is 0.333. The monoisotopic (exact) mass is 301 g/mol. The number of rotatable bonds is 5. The fourth-order valence-corrected chi connectivity index (χ4v) is 2.52. The normalized spacial score (nSPS) is 11.0. The summed E-state index contributed by atoms with van der Waals surface area (Å²) in [5.74, 6) is -1.32. The van der Waals surface area contributed by atoms with Crippen molar-refractivity contribution >= 4 is 5.97 Å². The van der Waals surface area contributed by atoms with E-state index in [2.05, 4.69) is 4.98 Å². The van der Waals surface area contributed by atoms with Crippen LogP contribution in [0.4, 0.5) is 4.39 Å². The molecule has 1 aromatic heterocycles. The SMILES string of the molecule is CCCc1nc(C(C)C)c(-c2ccccc2F)cc1C(=O)O. The Balaban J connectivity index is 2.74. The van der Waals surface area contributed by atoms with Gasteiger partial charge in [0.05, 0.1) is 17.0 Å². The summed E-state index contributed by atoms with van der Waals surface area (Å²) in [4.78, 5) is 16.1. The molecule has 1 heterocycles. The molecule has 0 aliphatic rings. The van der Waals surface area contributed by atoms with Crippen LogP contribution in [0.1, 0.15) is 54.9 Å². The molecule has 0 aliphatic carbocycles. The largest absolute Gasteiger partial charge is 0.478 e. The zero-order valence-corrected chi connectivity index (χ0v) is 13.1. The molecule has 0 unspecified atom stereocenters. The summed E-state index contributed by atoms with van der Waals surface area (Å²) in [6, 6.07) is 7.95. The Labute approximate surface area is 129 Å². The highest BCUT2D eigenvalue weighted by molar-refractivity contribution is 5.91. The number of aromatic carboxylic acids is 1. The summed E-state index contributed by atoms with van der Waals surface area (Å²) in [5.41, 5.74) is 2.41. The molecule has 0 amide bonds. The molecule has 0 spiro atoms. The zero-order chi connectivity index (χ0) is 16.3. The highest BCUT2D eigenvalue weighted by Crippen LogP contribution is 2.32. The number of hydrogen-bond acceptors (Lipinski definition) is 2. The van der Waals surface area contributed by atoms with Crippen molar-refractivity contribution in [1.29, 1.82) is 0 Å². The smallest absolute Gasteiger partial charge is 0.337 e. The van der Waals surface area contributed by atoms with Crippen LogP contribution in [-0.4, -0.2) is 16.1 Å². The molecule has 0 aliphatic heterocycles. The van der Waals surface area contributed by atoms with Crippen LogP contribution >= 0.6 is 0 Å². The zero-order valence-electron chi connectivity index (χ0n) is 13.1. The molecule has 0 fully saturated rings. The van der Waals surface area contributed by atoms with Crippen molar-refractivity contribution in [3.05, 3.63) is 53.1 Å². The van der Waals surface area contributed by atoms with Crippen molar-refractivity contribution in [3.63, 3.8) is 0 Å². The van der Waals surface area contributed by atoms with Crippen LogP contribution in [0, 0.1) is 5.82 Å². The summed E-state index contributed by atoms with van der Waals surface area (Å²) in [6.07, 6.45) is 1.41. The van der Waals surface area contributed by atoms with Gasteiger partial charge in [-0.25, -0.2) is 9.18 Å². The van der Waals surface area contributed by atoms with E-state index in [1.807, 2.05) is 20.8 Å². The summed E-state index contributed by atoms with van der Waals surface area (Å²) in [5, 5.41) is 9.43. The lowest BCUT2D eigenvalue weighted by molar-refractivity contribution is 0.0695. The van der Waals surface area contributed by atoms with Crippen molar-refractivity contribution in [2.75, 3.05) is 0 Å². The molecule has 2 aromatic rings. The average molecular weight is 301 g/mol. The maximum atomic E-state index is 14.1. The lowest BCUT2D eigenvalue weighted by atomic mass is 9.94. The van der Waals surface area contributed by atoms with E-state index in [4.69, 9.17) is 0 Å². The Morgan fingerprint density at radius 2 is 1.95 bits per heavy atom. The van der Waals surface area contributed by atoms with Gasteiger partial charge in [-0.05, 0) is 24.5 Å². The third-order valence-electron chi connectivity index (χ3n) is 3.56. The van der Waals surface area contributed by atoms with Gasteiger partial charge < -0.3 is 5.11 Å². The first-order valence-electron chi connectivity index (χ1n) is 7.47. The van der Waals surface area contributed by atoms with Crippen LogP contribution in [0.2, 0.25) is 0 Å². The van der Waals surface area contributed by atoms with E-state index in [1.54, 1.807) is 24.3 Å². The Morgan fingerprint density at radius 1 is 1.27 bits per heavy atom. The minimum atomic E-state index is -1.02. The van der Waals surface area contributed by atoms with Gasteiger partial charge in [-0.15, -0.1) is 0 Å². The van der Waals surface area contributed by atoms with Crippen molar-refractivity contribution in [2.24, 2.45) is 0 Å². The predicted molar refractivity (Wildman–Crippen MR) is 84.7 cm³/mol. The number of carboxylic acid groups (broad SMARTS) is 1. The lowest BCUT2D eigenvalue weighted by Crippen LogP contribution is -2.10. The second-order valence-corrected chi connectivity index (χ2v) is 5.61. The Bertz CT molecular complexity index is 695. The molecular formula is C18H20FNO2. The predicted octanol–water partition coefficient (Wildman–Crippen LogP) is 4.66. The van der Waals surface area contributed by atoms with Crippen molar-refractivity contribution < 1.29 is 14.3 Å². The van der Waals surface area contributed by atoms with Crippen LogP contribution in [0.3, 0.4) is 0 Å². The maximum Gasteiger partial charge on any atom is 0.337 e. The third-order valence-corrected chi connectivity index (χ3v) is 3.56. The number of nitrogens with zero attached hydrogens (tertiary/aromatic N) is 1. The van der Waals surface area contributed by atoms with Crippen LogP contribution in [0.25, 0.3) is 11.1 Å². The van der Waals surface area contributed by atoms with E-state index in [-0.39, 0.29) is 17.3 Å². The molecule has 1 aromatic carbocycles. The van der Waals surface area contributed by atoms with Gasteiger partial charge in [-0.1, -0.05) is 45.4 Å². The molecule has 0 saturated heterocycles. The van der Waals surface area contributed by atoms with Gasteiger partial charge in [0.25, 0.3) is 0 Å². The maximum absolute atomic E-state index is 14.1. The number of carbonyl (C=O) groups is 1. The summed E-state index contributed by atoms with van der Waals surface area (Å²) in [6.45, 7) is 5.93. The Hall–Kier alpha value is -2.23. The number of aromatic nitrogens is 1. The molecule has 0 radical (unpaired) electrons. The Morgan fingerprint density at radius 3 is 2.50 bits per heavy atom. The van der Waals surface area contributed by atoms with E-state index in [0.717, 1.165) is 12.1 Å². The number of carboxylic acids is 1. The van der Waals surface area contributed by atoms with Crippen molar-refractivity contribution in [3.8, 4) is 11.1 Å². The minimum Gasteiger partial charge on any atom is -0.478 e. The van der Waals surface area contributed by atoms with Crippen molar-refractivity contribution in [2.45, 2.75) is 39.5 Å².